The number of benzene rings is 2. The second kappa shape index (κ2) is 9.54. The zero-order chi connectivity index (χ0) is 20.6. The highest BCUT2D eigenvalue weighted by molar-refractivity contribution is 6.03. The van der Waals surface area contributed by atoms with E-state index in [-0.39, 0.29) is 11.6 Å². The molecule has 150 valence electrons. The van der Waals surface area contributed by atoms with Gasteiger partial charge in [-0.15, -0.1) is 0 Å². The Balaban J connectivity index is 1.64. The van der Waals surface area contributed by atoms with Gasteiger partial charge in [-0.1, -0.05) is 24.3 Å². The molecule has 7 nitrogen and oxygen atoms in total. The molecule has 2 aromatic carbocycles. The van der Waals surface area contributed by atoms with Crippen LogP contribution in [0.4, 0.5) is 11.6 Å². The van der Waals surface area contributed by atoms with Gasteiger partial charge in [-0.2, -0.15) is 0 Å². The third kappa shape index (κ3) is 5.44. The number of carbonyl (C=O) groups excluding carboxylic acids is 1. The molecule has 0 atom stereocenters. The number of nitrogens with zero attached hydrogens (tertiary/aromatic N) is 2. The molecule has 1 amide bonds. The Morgan fingerprint density at radius 3 is 2.48 bits per heavy atom. The van der Waals surface area contributed by atoms with E-state index in [9.17, 15) is 4.79 Å². The quantitative estimate of drug-likeness (QED) is 0.608. The summed E-state index contributed by atoms with van der Waals surface area (Å²) in [7, 11) is 3.21. The fourth-order valence-corrected chi connectivity index (χ4v) is 2.81. The monoisotopic (exact) mass is 392 g/mol. The first kappa shape index (κ1) is 20.1. The van der Waals surface area contributed by atoms with Crippen LogP contribution >= 0.6 is 0 Å². The number of aromatic nitrogens is 2. The van der Waals surface area contributed by atoms with E-state index in [0.29, 0.717) is 29.6 Å². The highest BCUT2D eigenvalue weighted by Gasteiger charge is 2.13. The van der Waals surface area contributed by atoms with Gasteiger partial charge in [0.05, 0.1) is 19.9 Å². The van der Waals surface area contributed by atoms with Crippen molar-refractivity contribution in [2.75, 3.05) is 31.4 Å². The van der Waals surface area contributed by atoms with Crippen LogP contribution in [0.25, 0.3) is 0 Å². The predicted molar refractivity (Wildman–Crippen MR) is 113 cm³/mol. The highest BCUT2D eigenvalue weighted by Crippen LogP contribution is 2.23. The van der Waals surface area contributed by atoms with Crippen molar-refractivity contribution in [1.29, 1.82) is 0 Å². The molecule has 2 N–H and O–H groups in total. The number of rotatable bonds is 8. The summed E-state index contributed by atoms with van der Waals surface area (Å²) in [5.41, 5.74) is 2.75. The Kier molecular flexibility index (Phi) is 6.63. The van der Waals surface area contributed by atoms with E-state index in [1.807, 2.05) is 43.3 Å². The molecule has 0 bridgehead atoms. The summed E-state index contributed by atoms with van der Waals surface area (Å²) < 4.78 is 10.4. The molecule has 1 aromatic heterocycles. The molecule has 0 saturated carbocycles. The molecular formula is C22H24N4O3. The lowest BCUT2D eigenvalue weighted by Crippen LogP contribution is -2.17. The molecule has 7 heteroatoms. The zero-order valence-corrected chi connectivity index (χ0v) is 16.7. The van der Waals surface area contributed by atoms with Crippen molar-refractivity contribution in [2.45, 2.75) is 13.3 Å². The Bertz CT molecular complexity index is 974. The molecule has 0 aliphatic rings. The number of carbonyl (C=O) groups is 1. The molecule has 0 radical (unpaired) electrons. The molecule has 3 rings (SSSR count). The van der Waals surface area contributed by atoms with Crippen molar-refractivity contribution in [2.24, 2.45) is 0 Å². The lowest BCUT2D eigenvalue weighted by molar-refractivity contribution is 0.102. The molecule has 3 aromatic rings. The van der Waals surface area contributed by atoms with Crippen molar-refractivity contribution < 1.29 is 14.3 Å². The maximum Gasteiger partial charge on any atom is 0.274 e. The van der Waals surface area contributed by atoms with Crippen molar-refractivity contribution >= 4 is 17.5 Å². The van der Waals surface area contributed by atoms with Crippen LogP contribution in [0.1, 0.15) is 21.7 Å². The second-order valence-corrected chi connectivity index (χ2v) is 6.40. The van der Waals surface area contributed by atoms with Crippen LogP contribution < -0.4 is 20.1 Å². The van der Waals surface area contributed by atoms with Crippen LogP contribution in [0.2, 0.25) is 0 Å². The van der Waals surface area contributed by atoms with Gasteiger partial charge in [0.1, 0.15) is 17.2 Å². The molecule has 0 fully saturated rings. The average molecular weight is 392 g/mol. The average Bonchev–Trinajstić information content (AvgIpc) is 2.74. The second-order valence-electron chi connectivity index (χ2n) is 6.40. The standard InChI is InChI=1S/C22H24N4O3/c1-15-14-19(21(27)25-18-6-4-5-7-20(18)29-3)26-22(24-15)23-13-12-16-8-10-17(28-2)11-9-16/h4-11,14H,12-13H2,1-3H3,(H,25,27)(H,23,24,26). The summed E-state index contributed by atoms with van der Waals surface area (Å²) >= 11 is 0. The molecule has 0 saturated heterocycles. The minimum absolute atomic E-state index is 0.287. The lowest BCUT2D eigenvalue weighted by Gasteiger charge is -2.11. The number of nitrogens with one attached hydrogen (secondary N) is 2. The zero-order valence-electron chi connectivity index (χ0n) is 16.7. The molecular weight excluding hydrogens is 368 g/mol. The van der Waals surface area contributed by atoms with Crippen LogP contribution in [0, 0.1) is 6.92 Å². The van der Waals surface area contributed by atoms with E-state index < -0.39 is 0 Å². The topological polar surface area (TPSA) is 85.4 Å². The number of aryl methyl sites for hydroxylation is 1. The fraction of sp³-hybridized carbons (Fsp3) is 0.227. The van der Waals surface area contributed by atoms with Gasteiger partial charge >= 0.3 is 0 Å². The number of hydrogen-bond acceptors (Lipinski definition) is 6. The Hall–Kier alpha value is -3.61. The van der Waals surface area contributed by atoms with Crippen LogP contribution in [0.5, 0.6) is 11.5 Å². The number of ether oxygens (including phenoxy) is 2. The normalized spacial score (nSPS) is 10.3. The Morgan fingerprint density at radius 1 is 1.00 bits per heavy atom. The van der Waals surface area contributed by atoms with Gasteiger partial charge in [-0.25, -0.2) is 9.97 Å². The maximum atomic E-state index is 12.6. The van der Waals surface area contributed by atoms with E-state index >= 15 is 0 Å². The van der Waals surface area contributed by atoms with Gasteiger partial charge in [-0.3, -0.25) is 4.79 Å². The largest absolute Gasteiger partial charge is 0.497 e. The third-order valence-corrected chi connectivity index (χ3v) is 4.30. The van der Waals surface area contributed by atoms with Crippen molar-refractivity contribution in [3.63, 3.8) is 0 Å². The predicted octanol–water partition coefficient (Wildman–Crippen LogP) is 3.71. The summed E-state index contributed by atoms with van der Waals surface area (Å²) in [6.07, 6.45) is 0.796. The third-order valence-electron chi connectivity index (χ3n) is 4.30. The Morgan fingerprint density at radius 2 is 1.76 bits per heavy atom. The number of hydrogen-bond donors (Lipinski definition) is 2. The first-order valence-electron chi connectivity index (χ1n) is 9.26. The molecule has 0 aliphatic carbocycles. The number of methoxy groups -OCH3 is 2. The maximum absolute atomic E-state index is 12.6. The van der Waals surface area contributed by atoms with Gasteiger partial charge < -0.3 is 20.1 Å². The number of para-hydroxylation sites is 2. The van der Waals surface area contributed by atoms with Crippen LogP contribution in [-0.2, 0) is 6.42 Å². The molecule has 0 unspecified atom stereocenters. The molecule has 29 heavy (non-hydrogen) atoms. The first-order chi connectivity index (χ1) is 14.1. The molecule has 0 spiro atoms. The smallest absolute Gasteiger partial charge is 0.274 e. The summed E-state index contributed by atoms with van der Waals surface area (Å²) in [6.45, 7) is 2.47. The van der Waals surface area contributed by atoms with Gasteiger partial charge in [0.15, 0.2) is 0 Å². The van der Waals surface area contributed by atoms with Crippen molar-refractivity contribution in [3.8, 4) is 11.5 Å². The lowest BCUT2D eigenvalue weighted by atomic mass is 10.1. The van der Waals surface area contributed by atoms with E-state index in [4.69, 9.17) is 9.47 Å². The van der Waals surface area contributed by atoms with Crippen LogP contribution in [0.15, 0.2) is 54.6 Å². The van der Waals surface area contributed by atoms with Crippen molar-refractivity contribution in [1.82, 2.24) is 9.97 Å². The SMILES string of the molecule is COc1ccc(CCNc2nc(C)cc(C(=O)Nc3ccccc3OC)n2)cc1. The Labute approximate surface area is 170 Å². The molecule has 1 heterocycles. The minimum atomic E-state index is -0.321. The highest BCUT2D eigenvalue weighted by atomic mass is 16.5. The van der Waals surface area contributed by atoms with Gasteiger partial charge in [0.2, 0.25) is 5.95 Å². The van der Waals surface area contributed by atoms with Crippen LogP contribution in [-0.4, -0.2) is 36.6 Å². The van der Waals surface area contributed by atoms with Crippen molar-refractivity contribution in [3.05, 3.63) is 71.5 Å². The van der Waals surface area contributed by atoms with Crippen LogP contribution in [0.3, 0.4) is 0 Å². The molecule has 0 aliphatic heterocycles. The van der Waals surface area contributed by atoms with E-state index in [0.717, 1.165) is 12.2 Å². The van der Waals surface area contributed by atoms with E-state index in [2.05, 4.69) is 20.6 Å². The summed E-state index contributed by atoms with van der Waals surface area (Å²) in [6, 6.07) is 16.8. The summed E-state index contributed by atoms with van der Waals surface area (Å²) in [5, 5.41) is 6.02. The van der Waals surface area contributed by atoms with Gasteiger partial charge in [0.25, 0.3) is 5.91 Å². The number of amides is 1. The minimum Gasteiger partial charge on any atom is -0.497 e. The summed E-state index contributed by atoms with van der Waals surface area (Å²) in [5.74, 6) is 1.51. The summed E-state index contributed by atoms with van der Waals surface area (Å²) in [4.78, 5) is 21.4. The first-order valence-corrected chi connectivity index (χ1v) is 9.26. The van der Waals surface area contributed by atoms with E-state index in [1.54, 1.807) is 32.4 Å². The number of anilines is 2. The van der Waals surface area contributed by atoms with Gasteiger partial charge in [-0.05, 0) is 49.2 Å². The van der Waals surface area contributed by atoms with Gasteiger partial charge in [0, 0.05) is 12.2 Å². The van der Waals surface area contributed by atoms with E-state index in [1.165, 1.54) is 5.56 Å². The fourth-order valence-electron chi connectivity index (χ4n) is 2.81.